The molecule has 106 valence electrons. The van der Waals surface area contributed by atoms with E-state index >= 15 is 0 Å². The van der Waals surface area contributed by atoms with Gasteiger partial charge in [-0.1, -0.05) is 6.92 Å². The van der Waals surface area contributed by atoms with Crippen LogP contribution in [0.5, 0.6) is 0 Å². The van der Waals surface area contributed by atoms with Crippen molar-refractivity contribution in [3.63, 3.8) is 0 Å². The van der Waals surface area contributed by atoms with Crippen LogP contribution < -0.4 is 5.32 Å². The number of carboxylic acid groups (broad SMARTS) is 1. The van der Waals surface area contributed by atoms with Crippen molar-refractivity contribution in [1.29, 1.82) is 0 Å². The van der Waals surface area contributed by atoms with Crippen LogP contribution in [0.3, 0.4) is 0 Å². The Balaban J connectivity index is 2.04. The average Bonchev–Trinajstić information content (AvgIpc) is 2.99. The first-order valence-electron chi connectivity index (χ1n) is 6.81. The summed E-state index contributed by atoms with van der Waals surface area (Å²) in [7, 11) is 1.80. The van der Waals surface area contributed by atoms with E-state index in [2.05, 4.69) is 22.2 Å². The minimum atomic E-state index is -0.904. The molecule has 2 N–H and O–H groups in total. The van der Waals surface area contributed by atoms with Crippen LogP contribution in [-0.2, 0) is 13.6 Å². The molecule has 1 aromatic heterocycles. The Hall–Kier alpha value is -1.40. The topological polar surface area (TPSA) is 70.4 Å². The summed E-state index contributed by atoms with van der Waals surface area (Å²) in [5.41, 5.74) is 1.08. The third-order valence-corrected chi connectivity index (χ3v) is 3.75. The Morgan fingerprint density at radius 2 is 2.47 bits per heavy atom. The van der Waals surface area contributed by atoms with Crippen molar-refractivity contribution in [3.05, 3.63) is 17.5 Å². The summed E-state index contributed by atoms with van der Waals surface area (Å²) < 4.78 is 1.66. The van der Waals surface area contributed by atoms with Crippen LogP contribution in [-0.4, -0.2) is 51.4 Å². The maximum absolute atomic E-state index is 11.2. The van der Waals surface area contributed by atoms with Crippen LogP contribution in [0.25, 0.3) is 0 Å². The molecule has 0 aromatic carbocycles. The van der Waals surface area contributed by atoms with E-state index in [0.29, 0.717) is 18.2 Å². The quantitative estimate of drug-likeness (QED) is 0.793. The largest absolute Gasteiger partial charge is 0.478 e. The molecule has 0 saturated carbocycles. The van der Waals surface area contributed by atoms with Crippen LogP contribution in [0.4, 0.5) is 0 Å². The Kier molecular flexibility index (Phi) is 4.55. The first-order chi connectivity index (χ1) is 9.11. The smallest absolute Gasteiger partial charge is 0.339 e. The van der Waals surface area contributed by atoms with Gasteiger partial charge in [0.1, 0.15) is 5.56 Å². The maximum Gasteiger partial charge on any atom is 0.339 e. The minimum Gasteiger partial charge on any atom is -0.478 e. The van der Waals surface area contributed by atoms with Crippen LogP contribution in [0.2, 0.25) is 0 Å². The van der Waals surface area contributed by atoms with Crippen molar-refractivity contribution in [1.82, 2.24) is 20.0 Å². The van der Waals surface area contributed by atoms with Crippen LogP contribution in [0.1, 0.15) is 35.8 Å². The van der Waals surface area contributed by atoms with Crippen molar-refractivity contribution >= 4 is 5.97 Å². The highest BCUT2D eigenvalue weighted by Gasteiger charge is 2.21. The van der Waals surface area contributed by atoms with Gasteiger partial charge in [0.2, 0.25) is 0 Å². The van der Waals surface area contributed by atoms with Crippen molar-refractivity contribution in [3.8, 4) is 0 Å². The second-order valence-corrected chi connectivity index (χ2v) is 5.05. The highest BCUT2D eigenvalue weighted by molar-refractivity contribution is 5.88. The van der Waals surface area contributed by atoms with Gasteiger partial charge < -0.3 is 10.4 Å². The molecule has 1 aromatic rings. The molecule has 19 heavy (non-hydrogen) atoms. The summed E-state index contributed by atoms with van der Waals surface area (Å²) in [6.07, 6.45) is 3.86. The van der Waals surface area contributed by atoms with Gasteiger partial charge in [0.25, 0.3) is 0 Å². The fourth-order valence-electron chi connectivity index (χ4n) is 2.57. The molecule has 0 bridgehead atoms. The number of aromatic nitrogens is 2. The van der Waals surface area contributed by atoms with Crippen molar-refractivity contribution in [2.75, 3.05) is 19.6 Å². The molecule has 1 aliphatic rings. The standard InChI is InChI=1S/C13H22N4O2/c1-3-17(8-10-5-4-6-14-10)9-12-11(13(18)19)7-15-16(12)2/h7,10,14H,3-6,8-9H2,1-2H3,(H,18,19). The van der Waals surface area contributed by atoms with Gasteiger partial charge in [0.05, 0.1) is 11.9 Å². The van der Waals surface area contributed by atoms with Gasteiger partial charge in [-0.2, -0.15) is 5.10 Å². The molecule has 0 spiro atoms. The first-order valence-corrected chi connectivity index (χ1v) is 6.81. The number of carboxylic acids is 1. The van der Waals surface area contributed by atoms with Crippen LogP contribution in [0.15, 0.2) is 6.20 Å². The van der Waals surface area contributed by atoms with E-state index in [-0.39, 0.29) is 0 Å². The molecule has 1 unspecified atom stereocenters. The van der Waals surface area contributed by atoms with E-state index in [1.54, 1.807) is 11.7 Å². The Morgan fingerprint density at radius 1 is 1.68 bits per heavy atom. The van der Waals surface area contributed by atoms with Gasteiger partial charge in [0, 0.05) is 26.2 Å². The molecule has 0 aliphatic carbocycles. The summed E-state index contributed by atoms with van der Waals surface area (Å²) >= 11 is 0. The molecule has 1 atom stereocenters. The second-order valence-electron chi connectivity index (χ2n) is 5.05. The summed E-state index contributed by atoms with van der Waals surface area (Å²) in [4.78, 5) is 13.4. The zero-order valence-corrected chi connectivity index (χ0v) is 11.6. The molecule has 2 rings (SSSR count). The second kappa shape index (κ2) is 6.16. The van der Waals surface area contributed by atoms with Gasteiger partial charge in [-0.05, 0) is 25.9 Å². The summed E-state index contributed by atoms with van der Waals surface area (Å²) in [5, 5.41) is 16.7. The number of hydrogen-bond acceptors (Lipinski definition) is 4. The lowest BCUT2D eigenvalue weighted by molar-refractivity contribution is 0.0694. The van der Waals surface area contributed by atoms with Gasteiger partial charge in [-0.15, -0.1) is 0 Å². The monoisotopic (exact) mass is 266 g/mol. The number of aryl methyl sites for hydroxylation is 1. The molecule has 1 aliphatic heterocycles. The van der Waals surface area contributed by atoms with Gasteiger partial charge in [-0.3, -0.25) is 9.58 Å². The van der Waals surface area contributed by atoms with E-state index in [1.807, 2.05) is 0 Å². The normalized spacial score (nSPS) is 19.2. The number of carbonyl (C=O) groups is 1. The zero-order valence-electron chi connectivity index (χ0n) is 11.6. The molecule has 1 fully saturated rings. The lowest BCUT2D eigenvalue weighted by Gasteiger charge is -2.24. The Morgan fingerprint density at radius 3 is 3.05 bits per heavy atom. The van der Waals surface area contributed by atoms with Crippen LogP contribution in [0, 0.1) is 0 Å². The maximum atomic E-state index is 11.2. The Bertz CT molecular complexity index is 438. The van der Waals surface area contributed by atoms with E-state index in [9.17, 15) is 4.79 Å². The van der Waals surface area contributed by atoms with Gasteiger partial charge in [0.15, 0.2) is 0 Å². The Labute approximate surface area is 113 Å². The molecule has 0 radical (unpaired) electrons. The highest BCUT2D eigenvalue weighted by Crippen LogP contribution is 2.13. The van der Waals surface area contributed by atoms with Crippen molar-refractivity contribution < 1.29 is 9.90 Å². The predicted molar refractivity (Wildman–Crippen MR) is 72.1 cm³/mol. The van der Waals surface area contributed by atoms with E-state index in [1.165, 1.54) is 19.0 Å². The number of nitrogens with zero attached hydrogens (tertiary/aromatic N) is 3. The molecule has 6 nitrogen and oxygen atoms in total. The van der Waals surface area contributed by atoms with Crippen molar-refractivity contribution in [2.45, 2.75) is 32.4 Å². The number of likely N-dealkylation sites (N-methyl/N-ethyl adjacent to an activating group) is 1. The molecule has 6 heteroatoms. The van der Waals surface area contributed by atoms with E-state index in [0.717, 1.165) is 25.3 Å². The highest BCUT2D eigenvalue weighted by atomic mass is 16.4. The number of hydrogen-bond donors (Lipinski definition) is 2. The SMILES string of the molecule is CCN(Cc1c(C(=O)O)cnn1C)CC1CCCN1. The molecule has 1 saturated heterocycles. The van der Waals surface area contributed by atoms with Gasteiger partial charge >= 0.3 is 5.97 Å². The number of aromatic carboxylic acids is 1. The van der Waals surface area contributed by atoms with E-state index < -0.39 is 5.97 Å². The molecular formula is C13H22N4O2. The lowest BCUT2D eigenvalue weighted by Crippen LogP contribution is -2.37. The summed E-state index contributed by atoms with van der Waals surface area (Å²) in [6, 6.07) is 0.529. The summed E-state index contributed by atoms with van der Waals surface area (Å²) in [5.74, 6) is -0.904. The number of rotatable bonds is 6. The minimum absolute atomic E-state index is 0.306. The lowest BCUT2D eigenvalue weighted by atomic mass is 10.2. The summed E-state index contributed by atoms with van der Waals surface area (Å²) in [6.45, 7) is 5.69. The third kappa shape index (κ3) is 3.33. The zero-order chi connectivity index (χ0) is 13.8. The third-order valence-electron chi connectivity index (χ3n) is 3.75. The fraction of sp³-hybridized carbons (Fsp3) is 0.692. The molecule has 2 heterocycles. The van der Waals surface area contributed by atoms with Gasteiger partial charge in [-0.25, -0.2) is 4.79 Å². The van der Waals surface area contributed by atoms with Crippen molar-refractivity contribution in [2.24, 2.45) is 7.05 Å². The fourth-order valence-corrected chi connectivity index (χ4v) is 2.57. The number of nitrogens with one attached hydrogen (secondary N) is 1. The van der Waals surface area contributed by atoms with E-state index in [4.69, 9.17) is 5.11 Å². The van der Waals surface area contributed by atoms with Crippen LogP contribution >= 0.6 is 0 Å². The first kappa shape index (κ1) is 14.0. The average molecular weight is 266 g/mol. The molecular weight excluding hydrogens is 244 g/mol. The molecule has 0 amide bonds. The predicted octanol–water partition coefficient (Wildman–Crippen LogP) is 0.692.